The normalized spacial score (nSPS) is 12.4. The molecule has 3 aromatic rings. The van der Waals surface area contributed by atoms with Crippen LogP contribution in [0.1, 0.15) is 12.7 Å². The van der Waals surface area contributed by atoms with Crippen LogP contribution in [0.5, 0.6) is 0 Å². The van der Waals surface area contributed by atoms with Crippen LogP contribution in [-0.4, -0.2) is 37.8 Å². The number of carbonyl (C=O) groups excluding carboxylic acids is 1. The van der Waals surface area contributed by atoms with Gasteiger partial charge in [-0.05, 0) is 43.3 Å². The van der Waals surface area contributed by atoms with E-state index in [1.807, 2.05) is 0 Å². The third-order valence-corrected chi connectivity index (χ3v) is 5.70. The van der Waals surface area contributed by atoms with Gasteiger partial charge in [0.25, 0.3) is 11.6 Å². The van der Waals surface area contributed by atoms with Crippen LogP contribution in [0.3, 0.4) is 0 Å². The average Bonchev–Trinajstić information content (AvgIpc) is 3.22. The minimum absolute atomic E-state index is 0.0300. The van der Waals surface area contributed by atoms with Crippen molar-refractivity contribution in [2.24, 2.45) is 5.10 Å². The number of hydrogen-bond donors (Lipinski definition) is 1. The summed E-state index contributed by atoms with van der Waals surface area (Å²) in [4.78, 5) is 22.7. The number of nitro groups is 1. The Morgan fingerprint density at radius 1 is 1.12 bits per heavy atom. The molecule has 2 aromatic carbocycles. The van der Waals surface area contributed by atoms with Crippen LogP contribution >= 0.6 is 0 Å². The zero-order chi connectivity index (χ0) is 23.3. The average molecular weight is 456 g/mol. The number of anilines is 1. The molecular formula is C21H20N4O6S. The van der Waals surface area contributed by atoms with Crippen LogP contribution in [0.2, 0.25) is 0 Å². The number of furan rings is 1. The lowest BCUT2D eigenvalue weighted by Crippen LogP contribution is -2.46. The molecule has 0 fully saturated rings. The fourth-order valence-electron chi connectivity index (χ4n) is 2.96. The van der Waals surface area contributed by atoms with Gasteiger partial charge in [-0.1, -0.05) is 18.2 Å². The van der Waals surface area contributed by atoms with Gasteiger partial charge in [-0.3, -0.25) is 19.2 Å². The molecule has 0 spiro atoms. The summed E-state index contributed by atoms with van der Waals surface area (Å²) in [5.41, 5.74) is 3.28. The van der Waals surface area contributed by atoms with E-state index < -0.39 is 26.9 Å². The van der Waals surface area contributed by atoms with Gasteiger partial charge in [0, 0.05) is 17.7 Å². The first kappa shape index (κ1) is 22.7. The number of rotatable bonds is 8. The third kappa shape index (κ3) is 5.38. The van der Waals surface area contributed by atoms with Gasteiger partial charge < -0.3 is 4.42 Å². The highest BCUT2D eigenvalue weighted by atomic mass is 32.2. The number of nitrogens with zero attached hydrogens (tertiary/aromatic N) is 3. The Balaban J connectivity index is 1.68. The number of para-hydroxylation sites is 1. The van der Waals surface area contributed by atoms with E-state index in [1.165, 1.54) is 25.3 Å². The van der Waals surface area contributed by atoms with Gasteiger partial charge in [-0.2, -0.15) is 5.10 Å². The van der Waals surface area contributed by atoms with Gasteiger partial charge >= 0.3 is 0 Å². The van der Waals surface area contributed by atoms with Crippen molar-refractivity contribution in [3.8, 4) is 11.3 Å². The molecule has 166 valence electrons. The molecule has 1 aromatic heterocycles. The SMILES string of the molecule is C[C@@H](C(=O)N/N=C\c1ccc(-c2ccc([N+](=O)[O-])cc2)o1)N(c1ccccc1)S(C)(=O)=O. The Morgan fingerprint density at radius 3 is 2.38 bits per heavy atom. The number of sulfonamides is 1. The van der Waals surface area contributed by atoms with Crippen LogP contribution in [0.25, 0.3) is 11.3 Å². The van der Waals surface area contributed by atoms with Crippen LogP contribution in [-0.2, 0) is 14.8 Å². The number of carbonyl (C=O) groups is 1. The van der Waals surface area contributed by atoms with E-state index in [0.29, 0.717) is 22.8 Å². The first-order chi connectivity index (χ1) is 15.2. The maximum Gasteiger partial charge on any atom is 0.269 e. The lowest BCUT2D eigenvalue weighted by atomic mass is 10.1. The maximum absolute atomic E-state index is 12.5. The van der Waals surface area contributed by atoms with Gasteiger partial charge in [0.2, 0.25) is 10.0 Å². The van der Waals surface area contributed by atoms with Crippen LogP contribution < -0.4 is 9.73 Å². The lowest BCUT2D eigenvalue weighted by molar-refractivity contribution is -0.384. The molecule has 0 aliphatic rings. The lowest BCUT2D eigenvalue weighted by Gasteiger charge is -2.27. The van der Waals surface area contributed by atoms with Gasteiger partial charge in [0.1, 0.15) is 17.6 Å². The zero-order valence-corrected chi connectivity index (χ0v) is 18.0. The number of nitrogens with one attached hydrogen (secondary N) is 1. The van der Waals surface area contributed by atoms with Crippen LogP contribution in [0, 0.1) is 10.1 Å². The number of nitro benzene ring substituents is 1. The Labute approximate surface area is 184 Å². The van der Waals surface area contributed by atoms with Crippen molar-refractivity contribution in [3.05, 3.63) is 82.6 Å². The molecule has 0 aliphatic carbocycles. The molecule has 0 bridgehead atoms. The number of benzene rings is 2. The quantitative estimate of drug-likeness (QED) is 0.314. The molecular weight excluding hydrogens is 436 g/mol. The highest BCUT2D eigenvalue weighted by Gasteiger charge is 2.28. The largest absolute Gasteiger partial charge is 0.455 e. The van der Waals surface area contributed by atoms with Crippen molar-refractivity contribution in [2.75, 3.05) is 10.6 Å². The van der Waals surface area contributed by atoms with E-state index in [9.17, 15) is 23.3 Å². The zero-order valence-electron chi connectivity index (χ0n) is 17.2. The first-order valence-corrected chi connectivity index (χ1v) is 11.2. The Morgan fingerprint density at radius 2 is 1.78 bits per heavy atom. The van der Waals surface area contributed by atoms with Crippen molar-refractivity contribution in [2.45, 2.75) is 13.0 Å². The summed E-state index contributed by atoms with van der Waals surface area (Å²) >= 11 is 0. The second kappa shape index (κ2) is 9.43. The van der Waals surface area contributed by atoms with Crippen molar-refractivity contribution < 1.29 is 22.6 Å². The summed E-state index contributed by atoms with van der Waals surface area (Å²) in [5, 5.41) is 14.6. The Hall–Kier alpha value is -3.99. The minimum Gasteiger partial charge on any atom is -0.455 e. The van der Waals surface area contributed by atoms with Gasteiger partial charge in [-0.15, -0.1) is 0 Å². The van der Waals surface area contributed by atoms with Crippen LogP contribution in [0.4, 0.5) is 11.4 Å². The third-order valence-electron chi connectivity index (χ3n) is 4.46. The number of amides is 1. The second-order valence-electron chi connectivity index (χ2n) is 6.81. The molecule has 0 radical (unpaired) electrons. The topological polar surface area (TPSA) is 135 Å². The van der Waals surface area contributed by atoms with E-state index in [2.05, 4.69) is 10.5 Å². The molecule has 3 rings (SSSR count). The smallest absolute Gasteiger partial charge is 0.269 e. The van der Waals surface area contributed by atoms with Crippen molar-refractivity contribution in [3.63, 3.8) is 0 Å². The fourth-order valence-corrected chi connectivity index (χ4v) is 4.14. The van der Waals surface area contributed by atoms with E-state index in [1.54, 1.807) is 54.6 Å². The number of hydrogen-bond acceptors (Lipinski definition) is 7. The summed E-state index contributed by atoms with van der Waals surface area (Å²) in [7, 11) is -3.72. The molecule has 0 saturated heterocycles. The minimum atomic E-state index is -3.72. The van der Waals surface area contributed by atoms with Crippen LogP contribution in [0.15, 0.2) is 76.2 Å². The molecule has 10 nitrogen and oxygen atoms in total. The highest BCUT2D eigenvalue weighted by molar-refractivity contribution is 7.92. The summed E-state index contributed by atoms with van der Waals surface area (Å²) in [6.45, 7) is 1.46. The number of non-ortho nitro benzene ring substituents is 1. The highest BCUT2D eigenvalue weighted by Crippen LogP contribution is 2.24. The van der Waals surface area contributed by atoms with E-state index >= 15 is 0 Å². The predicted molar refractivity (Wildman–Crippen MR) is 120 cm³/mol. The van der Waals surface area contributed by atoms with E-state index in [0.717, 1.165) is 10.6 Å². The monoisotopic (exact) mass is 456 g/mol. The molecule has 1 heterocycles. The number of hydrazone groups is 1. The summed E-state index contributed by atoms with van der Waals surface area (Å²) < 4.78 is 31.1. The van der Waals surface area contributed by atoms with E-state index in [-0.39, 0.29) is 5.69 Å². The molecule has 0 unspecified atom stereocenters. The van der Waals surface area contributed by atoms with Gasteiger partial charge in [0.15, 0.2) is 0 Å². The Bertz CT molecular complexity index is 1240. The predicted octanol–water partition coefficient (Wildman–Crippen LogP) is 3.16. The summed E-state index contributed by atoms with van der Waals surface area (Å²) in [5.74, 6) is 0.167. The van der Waals surface area contributed by atoms with Gasteiger partial charge in [0.05, 0.1) is 23.1 Å². The molecule has 1 amide bonds. The first-order valence-electron chi connectivity index (χ1n) is 9.39. The molecule has 32 heavy (non-hydrogen) atoms. The van der Waals surface area contributed by atoms with Crippen molar-refractivity contribution in [1.29, 1.82) is 0 Å². The second-order valence-corrected chi connectivity index (χ2v) is 8.67. The Kier molecular flexibility index (Phi) is 6.69. The molecule has 1 N–H and O–H groups in total. The van der Waals surface area contributed by atoms with Gasteiger partial charge in [-0.25, -0.2) is 13.8 Å². The molecule has 0 aliphatic heterocycles. The van der Waals surface area contributed by atoms with Crippen molar-refractivity contribution >= 4 is 33.5 Å². The maximum atomic E-state index is 12.5. The standard InChI is InChI=1S/C21H20N4O6S/c1-15(24(32(2,29)30)17-6-4-3-5-7-17)21(26)23-22-14-19-12-13-20(31-19)16-8-10-18(11-9-16)25(27)28/h3-15H,1-2H3,(H,23,26)/b22-14-/t15-/m0/s1. The summed E-state index contributed by atoms with van der Waals surface area (Å²) in [6.07, 6.45) is 2.29. The molecule has 1 atom stereocenters. The van der Waals surface area contributed by atoms with Crippen molar-refractivity contribution in [1.82, 2.24) is 5.43 Å². The van der Waals surface area contributed by atoms with E-state index in [4.69, 9.17) is 4.42 Å². The molecule has 11 heteroatoms. The fraction of sp³-hybridized carbons (Fsp3) is 0.143. The summed E-state index contributed by atoms with van der Waals surface area (Å²) in [6, 6.07) is 16.4. The molecule has 0 saturated carbocycles.